The number of allylic oxidation sites excluding steroid dienone is 4. The Labute approximate surface area is 222 Å². The van der Waals surface area contributed by atoms with E-state index in [0.29, 0.717) is 24.8 Å². The minimum absolute atomic E-state index is 0.0129. The quantitative estimate of drug-likeness (QED) is 0.174. The lowest BCUT2D eigenvalue weighted by molar-refractivity contribution is -0.147. The van der Waals surface area contributed by atoms with E-state index in [9.17, 15) is 19.5 Å². The molecular weight excluding hydrogens is 466 g/mol. The lowest BCUT2D eigenvalue weighted by atomic mass is 9.83. The molecule has 6 nitrogen and oxygen atoms in total. The summed E-state index contributed by atoms with van der Waals surface area (Å²) in [6.07, 6.45) is 15.2. The number of nitrogens with one attached hydrogen (secondary N) is 1. The molecule has 2 N–H and O–H groups in total. The number of Topliss-reactive ketones (excluding diaryl/α,β-unsaturated/α-hetero) is 1. The van der Waals surface area contributed by atoms with Gasteiger partial charge in [-0.3, -0.25) is 9.59 Å². The predicted octanol–water partition coefficient (Wildman–Crippen LogP) is 5.15. The summed E-state index contributed by atoms with van der Waals surface area (Å²) in [6, 6.07) is -0.659. The first-order valence-corrected chi connectivity index (χ1v) is 12.9. The van der Waals surface area contributed by atoms with Gasteiger partial charge in [0.15, 0.2) is 5.78 Å². The number of cyclic esters (lactones) is 1. The summed E-state index contributed by atoms with van der Waals surface area (Å²) >= 11 is 0. The van der Waals surface area contributed by atoms with E-state index < -0.39 is 17.6 Å². The normalized spacial score (nSPS) is 19.2. The maximum atomic E-state index is 12.8. The SMILES string of the molecule is C/C=C\C[C@H](O)C/C=C\CC(=O)[C@@H](NC(=O)/C=C\C#C/C(C)=C/[C@H](C)[C@@H]1CC=C(C)C(=O)O1)C(C)(C)C. The van der Waals surface area contributed by atoms with Crippen LogP contribution in [0.3, 0.4) is 0 Å². The number of aliphatic hydroxyl groups excluding tert-OH is 1. The van der Waals surface area contributed by atoms with Crippen molar-refractivity contribution in [3.8, 4) is 11.8 Å². The Bertz CT molecular complexity index is 1010. The number of hydrogen-bond acceptors (Lipinski definition) is 5. The molecule has 0 bridgehead atoms. The van der Waals surface area contributed by atoms with Crippen molar-refractivity contribution in [2.75, 3.05) is 0 Å². The van der Waals surface area contributed by atoms with Crippen molar-refractivity contribution in [3.63, 3.8) is 0 Å². The minimum atomic E-state index is -0.659. The standard InChI is InChI=1S/C31H43NO5/c1-8-9-15-25(33)16-11-12-17-26(34)29(31(5,6)7)32-28(35)18-13-10-14-22(2)21-24(4)27-20-19-23(3)30(36)37-27/h8-9,11-13,18-19,21,24-25,27,29,33H,15-17,20H2,1-7H3,(H,32,35)/b9-8-,12-11-,18-13-,22-21+/t24-,25-,27-,29+/m0/s1. The van der Waals surface area contributed by atoms with Crippen LogP contribution in [0, 0.1) is 23.2 Å². The van der Waals surface area contributed by atoms with Crippen LogP contribution in [0.25, 0.3) is 0 Å². The Balaban J connectivity index is 2.66. The molecule has 0 radical (unpaired) electrons. The first-order valence-electron chi connectivity index (χ1n) is 12.9. The molecule has 1 rings (SSSR count). The summed E-state index contributed by atoms with van der Waals surface area (Å²) in [5, 5.41) is 12.7. The second kappa shape index (κ2) is 15.8. The van der Waals surface area contributed by atoms with Crippen LogP contribution in [0.15, 0.2) is 59.8 Å². The van der Waals surface area contributed by atoms with E-state index in [2.05, 4.69) is 17.2 Å². The van der Waals surface area contributed by atoms with Crippen molar-refractivity contribution >= 4 is 17.7 Å². The zero-order chi connectivity index (χ0) is 28.0. The fourth-order valence-electron chi connectivity index (χ4n) is 3.72. The predicted molar refractivity (Wildman–Crippen MR) is 148 cm³/mol. The molecule has 0 saturated carbocycles. The molecule has 1 aliphatic rings. The maximum Gasteiger partial charge on any atom is 0.333 e. The fourth-order valence-corrected chi connectivity index (χ4v) is 3.72. The average Bonchev–Trinajstić information content (AvgIpc) is 2.82. The molecule has 1 amide bonds. The van der Waals surface area contributed by atoms with Crippen molar-refractivity contribution in [1.82, 2.24) is 5.32 Å². The van der Waals surface area contributed by atoms with Gasteiger partial charge in [-0.15, -0.1) is 0 Å². The lowest BCUT2D eigenvalue weighted by Gasteiger charge is -2.29. The molecule has 0 spiro atoms. The van der Waals surface area contributed by atoms with Gasteiger partial charge in [-0.1, -0.05) is 76.0 Å². The molecule has 37 heavy (non-hydrogen) atoms. The number of carbonyl (C=O) groups excluding carboxylic acids is 3. The summed E-state index contributed by atoms with van der Waals surface area (Å²) < 4.78 is 5.45. The van der Waals surface area contributed by atoms with Crippen LogP contribution in [-0.4, -0.2) is 41.0 Å². The second-order valence-electron chi connectivity index (χ2n) is 10.5. The van der Waals surface area contributed by atoms with E-state index in [1.807, 2.05) is 65.8 Å². The van der Waals surface area contributed by atoms with Gasteiger partial charge in [0.05, 0.1) is 12.1 Å². The van der Waals surface area contributed by atoms with E-state index in [1.54, 1.807) is 19.1 Å². The van der Waals surface area contributed by atoms with Crippen molar-refractivity contribution in [2.24, 2.45) is 11.3 Å². The van der Waals surface area contributed by atoms with Crippen molar-refractivity contribution < 1.29 is 24.2 Å². The van der Waals surface area contributed by atoms with Crippen LogP contribution in [0.2, 0.25) is 0 Å². The zero-order valence-corrected chi connectivity index (χ0v) is 23.3. The molecule has 0 aromatic carbocycles. The number of ketones is 1. The Hall–Kier alpha value is -3.17. The molecule has 0 aliphatic carbocycles. The Morgan fingerprint density at radius 1 is 1.24 bits per heavy atom. The zero-order valence-electron chi connectivity index (χ0n) is 23.3. The fraction of sp³-hybridized carbons (Fsp3) is 0.516. The van der Waals surface area contributed by atoms with Crippen LogP contribution in [-0.2, 0) is 19.1 Å². The molecule has 0 saturated heterocycles. The van der Waals surface area contributed by atoms with Gasteiger partial charge in [0.1, 0.15) is 6.10 Å². The monoisotopic (exact) mass is 509 g/mol. The van der Waals surface area contributed by atoms with Crippen molar-refractivity contribution in [2.45, 2.75) is 92.4 Å². The average molecular weight is 510 g/mol. The van der Waals surface area contributed by atoms with Crippen LogP contribution in [0.4, 0.5) is 0 Å². The summed E-state index contributed by atoms with van der Waals surface area (Å²) in [5.41, 5.74) is 0.983. The molecule has 4 atom stereocenters. The highest BCUT2D eigenvalue weighted by atomic mass is 16.5. The van der Waals surface area contributed by atoms with Crippen molar-refractivity contribution in [3.05, 3.63) is 59.8 Å². The third kappa shape index (κ3) is 12.6. The van der Waals surface area contributed by atoms with Gasteiger partial charge >= 0.3 is 5.97 Å². The molecule has 0 aromatic rings. The Kier molecular flexibility index (Phi) is 13.6. The molecule has 0 aromatic heterocycles. The van der Waals surface area contributed by atoms with Gasteiger partial charge in [-0.05, 0) is 50.7 Å². The maximum absolute atomic E-state index is 12.8. The van der Waals surface area contributed by atoms with E-state index in [0.717, 1.165) is 5.57 Å². The molecular formula is C31H43NO5. The number of aliphatic hydroxyl groups is 1. The Morgan fingerprint density at radius 3 is 2.54 bits per heavy atom. The molecule has 202 valence electrons. The Morgan fingerprint density at radius 2 is 1.92 bits per heavy atom. The first kappa shape index (κ1) is 31.9. The van der Waals surface area contributed by atoms with Gasteiger partial charge in [-0.2, -0.15) is 0 Å². The van der Waals surface area contributed by atoms with E-state index >= 15 is 0 Å². The summed E-state index contributed by atoms with van der Waals surface area (Å²) in [7, 11) is 0. The van der Waals surface area contributed by atoms with E-state index in [4.69, 9.17) is 4.74 Å². The highest BCUT2D eigenvalue weighted by Crippen LogP contribution is 2.22. The smallest absolute Gasteiger partial charge is 0.333 e. The number of ether oxygens (including phenoxy) is 1. The van der Waals surface area contributed by atoms with Crippen LogP contribution < -0.4 is 5.32 Å². The third-order valence-electron chi connectivity index (χ3n) is 5.94. The van der Waals surface area contributed by atoms with Crippen LogP contribution in [0.1, 0.15) is 74.1 Å². The second-order valence-corrected chi connectivity index (χ2v) is 10.5. The van der Waals surface area contributed by atoms with E-state index in [-0.39, 0.29) is 36.1 Å². The van der Waals surface area contributed by atoms with Gasteiger partial charge in [-0.25, -0.2) is 4.79 Å². The number of carbonyl (C=O) groups is 3. The van der Waals surface area contributed by atoms with Crippen LogP contribution in [0.5, 0.6) is 0 Å². The van der Waals surface area contributed by atoms with Crippen molar-refractivity contribution in [1.29, 1.82) is 0 Å². The number of rotatable bonds is 11. The summed E-state index contributed by atoms with van der Waals surface area (Å²) in [4.78, 5) is 37.0. The van der Waals surface area contributed by atoms with Gasteiger partial charge in [0, 0.05) is 30.4 Å². The first-order chi connectivity index (χ1) is 17.3. The number of hydrogen-bond donors (Lipinski definition) is 2. The van der Waals surface area contributed by atoms with Gasteiger partial charge < -0.3 is 15.2 Å². The molecule has 0 fully saturated rings. The van der Waals surface area contributed by atoms with Gasteiger partial charge in [0.25, 0.3) is 0 Å². The molecule has 1 heterocycles. The molecule has 0 unspecified atom stereocenters. The third-order valence-corrected chi connectivity index (χ3v) is 5.94. The van der Waals surface area contributed by atoms with Crippen LogP contribution >= 0.6 is 0 Å². The highest BCUT2D eigenvalue weighted by Gasteiger charge is 2.31. The largest absolute Gasteiger partial charge is 0.458 e. The lowest BCUT2D eigenvalue weighted by Crippen LogP contribution is -2.48. The summed E-state index contributed by atoms with van der Waals surface area (Å²) in [5.74, 6) is 5.07. The van der Waals surface area contributed by atoms with Gasteiger partial charge in [0.2, 0.25) is 5.91 Å². The summed E-state index contributed by atoms with van der Waals surface area (Å²) in [6.45, 7) is 13.2. The number of amides is 1. The molecule has 6 heteroatoms. The van der Waals surface area contributed by atoms with E-state index in [1.165, 1.54) is 12.2 Å². The number of esters is 1. The topological polar surface area (TPSA) is 92.7 Å². The minimum Gasteiger partial charge on any atom is -0.458 e. The molecule has 1 aliphatic heterocycles. The highest BCUT2D eigenvalue weighted by molar-refractivity contribution is 5.94.